The van der Waals surface area contributed by atoms with E-state index in [4.69, 9.17) is 5.84 Å². The molecule has 3 nitrogen and oxygen atoms in total. The first-order chi connectivity index (χ1) is 9.50. The van der Waals surface area contributed by atoms with Gasteiger partial charge in [-0.15, -0.1) is 0 Å². The van der Waals surface area contributed by atoms with E-state index in [1.165, 1.54) is 0 Å². The third-order valence-corrected chi connectivity index (χ3v) is 4.14. The van der Waals surface area contributed by atoms with Crippen LogP contribution in [-0.4, -0.2) is 17.2 Å². The van der Waals surface area contributed by atoms with Gasteiger partial charge in [0.2, 0.25) is 0 Å². The summed E-state index contributed by atoms with van der Waals surface area (Å²) in [7, 11) is 0. The van der Waals surface area contributed by atoms with E-state index in [2.05, 4.69) is 10.4 Å². The zero-order valence-corrected chi connectivity index (χ0v) is 11.2. The average Bonchev–Trinajstić information content (AvgIpc) is 2.45. The predicted octanol–water partition coefficient (Wildman–Crippen LogP) is 2.82. The van der Waals surface area contributed by atoms with Crippen molar-refractivity contribution in [3.8, 4) is 0 Å². The second-order valence-corrected chi connectivity index (χ2v) is 5.50. The number of aromatic nitrogens is 1. The summed E-state index contributed by atoms with van der Waals surface area (Å²) in [5.74, 6) is 4.32. The fraction of sp³-hybridized carbons (Fsp3) is 0.643. The van der Waals surface area contributed by atoms with E-state index >= 15 is 0 Å². The summed E-state index contributed by atoms with van der Waals surface area (Å²) in [4.78, 5) is 4.02. The second kappa shape index (κ2) is 6.54. The van der Waals surface area contributed by atoms with E-state index < -0.39 is 12.1 Å². The maximum absolute atomic E-state index is 12.8. The molecule has 0 aromatic carbocycles. The highest BCUT2D eigenvalue weighted by molar-refractivity contribution is 5.10. The van der Waals surface area contributed by atoms with Gasteiger partial charge >= 0.3 is 6.18 Å². The molecule has 6 heteroatoms. The minimum absolute atomic E-state index is 0.0411. The van der Waals surface area contributed by atoms with Crippen molar-refractivity contribution in [3.05, 3.63) is 30.1 Å². The molecule has 1 heterocycles. The van der Waals surface area contributed by atoms with Gasteiger partial charge < -0.3 is 0 Å². The number of nitrogens with zero attached hydrogens (tertiary/aromatic N) is 1. The van der Waals surface area contributed by atoms with Crippen molar-refractivity contribution in [1.82, 2.24) is 10.4 Å². The van der Waals surface area contributed by atoms with Crippen LogP contribution in [0.25, 0.3) is 0 Å². The van der Waals surface area contributed by atoms with Gasteiger partial charge in [0.15, 0.2) is 0 Å². The van der Waals surface area contributed by atoms with Crippen LogP contribution < -0.4 is 11.3 Å². The fourth-order valence-corrected chi connectivity index (χ4v) is 3.02. The molecule has 1 fully saturated rings. The summed E-state index contributed by atoms with van der Waals surface area (Å²) in [5.41, 5.74) is 3.69. The fourth-order valence-electron chi connectivity index (χ4n) is 3.02. The lowest BCUT2D eigenvalue weighted by Gasteiger charge is -2.35. The second-order valence-electron chi connectivity index (χ2n) is 5.50. The average molecular weight is 287 g/mol. The summed E-state index contributed by atoms with van der Waals surface area (Å²) >= 11 is 0. The first-order valence-corrected chi connectivity index (χ1v) is 6.92. The first kappa shape index (κ1) is 15.3. The Morgan fingerprint density at radius 1 is 1.40 bits per heavy atom. The summed E-state index contributed by atoms with van der Waals surface area (Å²) in [6.07, 6.45) is 1.74. The standard InChI is InChI=1S/C14H20F3N3/c15-14(16,17)12-5-1-4-11(8-12)13(20-18)7-10-3-2-6-19-9-10/h2-3,6,9,11-13,20H,1,4-5,7-8,18H2. The maximum Gasteiger partial charge on any atom is 0.391 e. The molecule has 0 bridgehead atoms. The Balaban J connectivity index is 2.00. The molecule has 1 aromatic heterocycles. The van der Waals surface area contributed by atoms with Gasteiger partial charge in [-0.3, -0.25) is 16.3 Å². The molecule has 3 atom stereocenters. The van der Waals surface area contributed by atoms with Crippen molar-refractivity contribution in [3.63, 3.8) is 0 Å². The largest absolute Gasteiger partial charge is 0.391 e. The third-order valence-electron chi connectivity index (χ3n) is 4.14. The molecule has 20 heavy (non-hydrogen) atoms. The highest BCUT2D eigenvalue weighted by Crippen LogP contribution is 2.41. The lowest BCUT2D eigenvalue weighted by Crippen LogP contribution is -2.45. The molecule has 0 aliphatic heterocycles. The number of hydrogen-bond acceptors (Lipinski definition) is 3. The molecule has 3 unspecified atom stereocenters. The molecule has 2 rings (SSSR count). The molecular formula is C14H20F3N3. The van der Waals surface area contributed by atoms with Gasteiger partial charge in [-0.1, -0.05) is 12.5 Å². The quantitative estimate of drug-likeness (QED) is 0.661. The van der Waals surface area contributed by atoms with Crippen LogP contribution in [-0.2, 0) is 6.42 Å². The molecule has 3 N–H and O–H groups in total. The van der Waals surface area contributed by atoms with Crippen LogP contribution in [0.4, 0.5) is 13.2 Å². The third kappa shape index (κ3) is 3.93. The number of rotatable bonds is 4. The Hall–Kier alpha value is -1.14. The number of halogens is 3. The van der Waals surface area contributed by atoms with Gasteiger partial charge in [0, 0.05) is 18.4 Å². The SMILES string of the molecule is NNC(Cc1cccnc1)C1CCCC(C(F)(F)F)C1. The summed E-state index contributed by atoms with van der Waals surface area (Å²) < 4.78 is 38.5. The summed E-state index contributed by atoms with van der Waals surface area (Å²) in [6.45, 7) is 0. The number of hydrogen-bond donors (Lipinski definition) is 2. The Labute approximate surface area is 116 Å². The van der Waals surface area contributed by atoms with Gasteiger partial charge in [0.05, 0.1) is 5.92 Å². The summed E-state index contributed by atoms with van der Waals surface area (Å²) in [5, 5.41) is 0. The summed E-state index contributed by atoms with van der Waals surface area (Å²) in [6, 6.07) is 3.60. The smallest absolute Gasteiger partial charge is 0.271 e. The van der Waals surface area contributed by atoms with Crippen molar-refractivity contribution in [2.24, 2.45) is 17.7 Å². The highest BCUT2D eigenvalue weighted by Gasteiger charge is 2.43. The highest BCUT2D eigenvalue weighted by atomic mass is 19.4. The Morgan fingerprint density at radius 2 is 2.20 bits per heavy atom. The topological polar surface area (TPSA) is 50.9 Å². The van der Waals surface area contributed by atoms with Crippen molar-refractivity contribution < 1.29 is 13.2 Å². The minimum atomic E-state index is -4.09. The van der Waals surface area contributed by atoms with E-state index in [-0.39, 0.29) is 24.8 Å². The number of pyridine rings is 1. The molecule has 1 saturated carbocycles. The van der Waals surface area contributed by atoms with Gasteiger partial charge in [0.25, 0.3) is 0 Å². The Bertz CT molecular complexity index is 408. The van der Waals surface area contributed by atoms with Crippen LogP contribution in [0.3, 0.4) is 0 Å². The van der Waals surface area contributed by atoms with Crippen molar-refractivity contribution in [2.45, 2.75) is 44.3 Å². The van der Waals surface area contributed by atoms with Crippen LogP contribution in [0.15, 0.2) is 24.5 Å². The molecule has 1 aliphatic rings. The lowest BCUT2D eigenvalue weighted by atomic mass is 9.76. The normalized spacial score (nSPS) is 25.4. The van der Waals surface area contributed by atoms with E-state index in [1.54, 1.807) is 12.4 Å². The zero-order valence-electron chi connectivity index (χ0n) is 11.2. The monoisotopic (exact) mass is 287 g/mol. The van der Waals surface area contributed by atoms with Crippen LogP contribution in [0.2, 0.25) is 0 Å². The lowest BCUT2D eigenvalue weighted by molar-refractivity contribution is -0.186. The number of hydrazine groups is 1. The van der Waals surface area contributed by atoms with Crippen molar-refractivity contribution >= 4 is 0 Å². The van der Waals surface area contributed by atoms with Gasteiger partial charge in [-0.05, 0) is 43.2 Å². The van der Waals surface area contributed by atoms with Crippen molar-refractivity contribution in [1.29, 1.82) is 0 Å². The number of alkyl halides is 3. The van der Waals surface area contributed by atoms with Gasteiger partial charge in [0.1, 0.15) is 0 Å². The number of nitrogens with one attached hydrogen (secondary N) is 1. The van der Waals surface area contributed by atoms with Crippen LogP contribution in [0, 0.1) is 11.8 Å². The molecule has 0 spiro atoms. The van der Waals surface area contributed by atoms with Crippen LogP contribution in [0.5, 0.6) is 0 Å². The van der Waals surface area contributed by atoms with Crippen LogP contribution in [0.1, 0.15) is 31.2 Å². The Kier molecular flexibility index (Phi) is 4.99. The van der Waals surface area contributed by atoms with E-state index in [0.29, 0.717) is 12.8 Å². The molecule has 1 aromatic rings. The molecule has 0 saturated heterocycles. The molecule has 1 aliphatic carbocycles. The maximum atomic E-state index is 12.8. The van der Waals surface area contributed by atoms with E-state index in [1.807, 2.05) is 12.1 Å². The predicted molar refractivity (Wildman–Crippen MR) is 70.6 cm³/mol. The molecule has 0 radical (unpaired) electrons. The minimum Gasteiger partial charge on any atom is -0.271 e. The van der Waals surface area contributed by atoms with Gasteiger partial charge in [-0.2, -0.15) is 13.2 Å². The number of nitrogens with two attached hydrogens (primary N) is 1. The molecule has 0 amide bonds. The molecule has 112 valence electrons. The van der Waals surface area contributed by atoms with E-state index in [9.17, 15) is 13.2 Å². The zero-order chi connectivity index (χ0) is 14.6. The van der Waals surface area contributed by atoms with Crippen molar-refractivity contribution in [2.75, 3.05) is 0 Å². The van der Waals surface area contributed by atoms with Gasteiger partial charge in [-0.25, -0.2) is 0 Å². The van der Waals surface area contributed by atoms with E-state index in [0.717, 1.165) is 12.0 Å². The van der Waals surface area contributed by atoms with Crippen LogP contribution >= 0.6 is 0 Å². The molecular weight excluding hydrogens is 267 g/mol. The Morgan fingerprint density at radius 3 is 2.80 bits per heavy atom. The first-order valence-electron chi connectivity index (χ1n) is 6.92.